The fourth-order valence-corrected chi connectivity index (χ4v) is 1.93. The van der Waals surface area contributed by atoms with E-state index in [4.69, 9.17) is 28.9 Å². The van der Waals surface area contributed by atoms with E-state index in [1.165, 1.54) is 7.11 Å². The van der Waals surface area contributed by atoms with Crippen molar-refractivity contribution in [2.75, 3.05) is 7.11 Å². The van der Waals surface area contributed by atoms with Gasteiger partial charge in [-0.15, -0.1) is 0 Å². The van der Waals surface area contributed by atoms with E-state index in [2.05, 4.69) is 4.74 Å². The minimum atomic E-state index is -0.894. The zero-order valence-corrected chi connectivity index (χ0v) is 10.6. The number of esters is 1. The van der Waals surface area contributed by atoms with Gasteiger partial charge in [-0.2, -0.15) is 0 Å². The Hall–Kier alpha value is -0.770. The third-order valence-electron chi connectivity index (χ3n) is 2.31. The first kappa shape index (κ1) is 13.3. The molecule has 0 bridgehead atoms. The number of hydrogen-bond acceptors (Lipinski definition) is 3. The first-order valence-electron chi connectivity index (χ1n) is 4.68. The lowest BCUT2D eigenvalue weighted by Crippen LogP contribution is -2.36. The average Bonchev–Trinajstić information content (AvgIpc) is 2.21. The van der Waals surface area contributed by atoms with Crippen LogP contribution in [0.2, 0.25) is 10.0 Å². The lowest BCUT2D eigenvalue weighted by Gasteiger charge is -2.25. The molecule has 1 unspecified atom stereocenters. The molecule has 0 aliphatic carbocycles. The van der Waals surface area contributed by atoms with Crippen LogP contribution in [0.3, 0.4) is 0 Å². The number of nitrogens with two attached hydrogens (primary N) is 1. The van der Waals surface area contributed by atoms with Gasteiger partial charge in [0, 0.05) is 0 Å². The highest BCUT2D eigenvalue weighted by Crippen LogP contribution is 2.33. The summed E-state index contributed by atoms with van der Waals surface area (Å²) < 4.78 is 4.58. The molecule has 0 aliphatic rings. The monoisotopic (exact) mass is 261 g/mol. The van der Waals surface area contributed by atoms with E-state index in [0.717, 1.165) is 0 Å². The maximum Gasteiger partial charge on any atom is 0.307 e. The quantitative estimate of drug-likeness (QED) is 0.852. The van der Waals surface area contributed by atoms with Crippen molar-refractivity contribution in [3.63, 3.8) is 0 Å². The number of halogens is 2. The molecule has 0 saturated heterocycles. The van der Waals surface area contributed by atoms with Crippen LogP contribution in [0.5, 0.6) is 0 Å². The van der Waals surface area contributed by atoms with Crippen LogP contribution in [-0.4, -0.2) is 13.1 Å². The Labute approximate surface area is 104 Å². The Kier molecular flexibility index (Phi) is 4.19. The van der Waals surface area contributed by atoms with E-state index in [1.54, 1.807) is 25.1 Å². The molecular formula is C11H13Cl2NO2. The molecule has 0 amide bonds. The normalized spacial score (nSPS) is 14.3. The summed E-state index contributed by atoms with van der Waals surface area (Å²) in [7, 11) is 1.32. The first-order valence-corrected chi connectivity index (χ1v) is 5.44. The third kappa shape index (κ3) is 2.88. The second-order valence-electron chi connectivity index (χ2n) is 3.77. The Morgan fingerprint density at radius 3 is 2.69 bits per heavy atom. The van der Waals surface area contributed by atoms with Crippen molar-refractivity contribution in [1.82, 2.24) is 0 Å². The first-order chi connectivity index (χ1) is 7.38. The van der Waals surface area contributed by atoms with Gasteiger partial charge in [-0.3, -0.25) is 4.79 Å². The van der Waals surface area contributed by atoms with E-state index < -0.39 is 5.54 Å². The summed E-state index contributed by atoms with van der Waals surface area (Å²) in [6.45, 7) is 1.71. The maximum absolute atomic E-state index is 11.2. The van der Waals surface area contributed by atoms with Crippen molar-refractivity contribution in [1.29, 1.82) is 0 Å². The second-order valence-corrected chi connectivity index (χ2v) is 4.56. The Morgan fingerprint density at radius 2 is 2.12 bits per heavy atom. The van der Waals surface area contributed by atoms with Gasteiger partial charge in [0.2, 0.25) is 0 Å². The Bertz CT molecular complexity index is 405. The number of hydrogen-bond donors (Lipinski definition) is 1. The summed E-state index contributed by atoms with van der Waals surface area (Å²) >= 11 is 11.9. The number of benzene rings is 1. The molecule has 0 aliphatic heterocycles. The van der Waals surface area contributed by atoms with Crippen molar-refractivity contribution in [3.8, 4) is 0 Å². The van der Waals surface area contributed by atoms with Crippen molar-refractivity contribution in [2.24, 2.45) is 5.73 Å². The number of rotatable bonds is 3. The van der Waals surface area contributed by atoms with Crippen LogP contribution in [0.15, 0.2) is 18.2 Å². The molecule has 16 heavy (non-hydrogen) atoms. The molecule has 0 aromatic heterocycles. The number of ether oxygens (including phenoxy) is 1. The van der Waals surface area contributed by atoms with Crippen molar-refractivity contribution >= 4 is 29.2 Å². The van der Waals surface area contributed by atoms with E-state index in [0.29, 0.717) is 15.6 Å². The number of carbonyl (C=O) groups excluding carboxylic acids is 1. The van der Waals surface area contributed by atoms with Gasteiger partial charge in [0.25, 0.3) is 0 Å². The molecule has 0 heterocycles. The van der Waals surface area contributed by atoms with Gasteiger partial charge in [0.05, 0.1) is 29.1 Å². The van der Waals surface area contributed by atoms with Crippen LogP contribution in [0.4, 0.5) is 0 Å². The SMILES string of the molecule is COC(=O)CC(C)(N)c1cccc(Cl)c1Cl. The zero-order chi connectivity index (χ0) is 12.3. The maximum atomic E-state index is 11.2. The van der Waals surface area contributed by atoms with E-state index in [1.807, 2.05) is 0 Å². The van der Waals surface area contributed by atoms with Crippen LogP contribution in [-0.2, 0) is 15.1 Å². The predicted molar refractivity (Wildman–Crippen MR) is 64.6 cm³/mol. The van der Waals surface area contributed by atoms with Crippen molar-refractivity contribution < 1.29 is 9.53 Å². The van der Waals surface area contributed by atoms with Gasteiger partial charge in [0.1, 0.15) is 0 Å². The van der Waals surface area contributed by atoms with Crippen LogP contribution < -0.4 is 5.73 Å². The van der Waals surface area contributed by atoms with Gasteiger partial charge in [-0.05, 0) is 18.6 Å². The lowest BCUT2D eigenvalue weighted by atomic mass is 9.90. The minimum absolute atomic E-state index is 0.0452. The summed E-state index contributed by atoms with van der Waals surface area (Å²) in [6, 6.07) is 5.16. The molecule has 2 N–H and O–H groups in total. The fraction of sp³-hybridized carbons (Fsp3) is 0.364. The number of carbonyl (C=O) groups is 1. The molecule has 0 fully saturated rings. The minimum Gasteiger partial charge on any atom is -0.469 e. The smallest absolute Gasteiger partial charge is 0.307 e. The zero-order valence-electron chi connectivity index (χ0n) is 9.09. The summed E-state index contributed by atoms with van der Waals surface area (Å²) in [4.78, 5) is 11.2. The Morgan fingerprint density at radius 1 is 1.50 bits per heavy atom. The van der Waals surface area contributed by atoms with Gasteiger partial charge in [-0.1, -0.05) is 35.3 Å². The predicted octanol–water partition coefficient (Wildman–Crippen LogP) is 2.73. The lowest BCUT2D eigenvalue weighted by molar-refractivity contribution is -0.141. The molecule has 88 valence electrons. The van der Waals surface area contributed by atoms with Gasteiger partial charge in [-0.25, -0.2) is 0 Å². The molecule has 0 saturated carbocycles. The van der Waals surface area contributed by atoms with Gasteiger partial charge >= 0.3 is 5.97 Å². The molecule has 0 spiro atoms. The summed E-state index contributed by atoms with van der Waals surface area (Å²) in [5.74, 6) is -0.388. The van der Waals surface area contributed by atoms with Crippen molar-refractivity contribution in [2.45, 2.75) is 18.9 Å². The van der Waals surface area contributed by atoms with Crippen LogP contribution >= 0.6 is 23.2 Å². The fourth-order valence-electron chi connectivity index (χ4n) is 1.41. The van der Waals surface area contributed by atoms with E-state index in [-0.39, 0.29) is 12.4 Å². The Balaban J connectivity index is 3.06. The molecule has 0 radical (unpaired) electrons. The highest BCUT2D eigenvalue weighted by atomic mass is 35.5. The highest BCUT2D eigenvalue weighted by Gasteiger charge is 2.28. The second kappa shape index (κ2) is 5.04. The van der Waals surface area contributed by atoms with Gasteiger partial charge in [0.15, 0.2) is 0 Å². The molecular weight excluding hydrogens is 249 g/mol. The summed E-state index contributed by atoms with van der Waals surface area (Å²) in [5, 5.41) is 0.791. The van der Waals surface area contributed by atoms with Crippen molar-refractivity contribution in [3.05, 3.63) is 33.8 Å². The average molecular weight is 262 g/mol. The molecule has 5 heteroatoms. The standard InChI is InChI=1S/C11H13Cl2NO2/c1-11(14,6-9(15)16-2)7-4-3-5-8(12)10(7)13/h3-5H,6,14H2,1-2H3. The largest absolute Gasteiger partial charge is 0.469 e. The third-order valence-corrected chi connectivity index (χ3v) is 3.13. The van der Waals surface area contributed by atoms with Crippen LogP contribution in [0, 0.1) is 0 Å². The van der Waals surface area contributed by atoms with E-state index >= 15 is 0 Å². The molecule has 1 aromatic rings. The van der Waals surface area contributed by atoms with E-state index in [9.17, 15) is 4.79 Å². The molecule has 1 rings (SSSR count). The summed E-state index contributed by atoms with van der Waals surface area (Å²) in [5.41, 5.74) is 5.78. The topological polar surface area (TPSA) is 52.3 Å². The molecule has 1 atom stereocenters. The van der Waals surface area contributed by atoms with Crippen LogP contribution in [0.1, 0.15) is 18.9 Å². The number of methoxy groups -OCH3 is 1. The van der Waals surface area contributed by atoms with Crippen LogP contribution in [0.25, 0.3) is 0 Å². The summed E-state index contributed by atoms with van der Waals surface area (Å²) in [6.07, 6.45) is 0.0452. The van der Waals surface area contributed by atoms with Gasteiger partial charge < -0.3 is 10.5 Å². The molecule has 3 nitrogen and oxygen atoms in total. The molecule has 1 aromatic carbocycles. The highest BCUT2D eigenvalue weighted by molar-refractivity contribution is 6.42.